The standard InChI is InChI=1S/C11H13BrN4O/c12-9-7-14-10-11(15-9)16(4-3-13-10)8-1-5-17-6-2-8/h3,7-8H,1-2,4-6H2. The Morgan fingerprint density at radius 1 is 1.35 bits per heavy atom. The van der Waals surface area contributed by atoms with Crippen LogP contribution in [0.25, 0.3) is 0 Å². The van der Waals surface area contributed by atoms with Gasteiger partial charge in [-0.05, 0) is 28.8 Å². The summed E-state index contributed by atoms with van der Waals surface area (Å²) in [4.78, 5) is 15.3. The average molecular weight is 297 g/mol. The molecule has 0 N–H and O–H groups in total. The molecule has 1 fully saturated rings. The van der Waals surface area contributed by atoms with Gasteiger partial charge >= 0.3 is 0 Å². The molecule has 0 spiro atoms. The molecule has 6 heteroatoms. The molecule has 0 atom stereocenters. The molecule has 0 aliphatic carbocycles. The summed E-state index contributed by atoms with van der Waals surface area (Å²) in [6, 6.07) is 0.484. The van der Waals surface area contributed by atoms with Gasteiger partial charge in [0.25, 0.3) is 0 Å². The Bertz CT molecular complexity index is 445. The van der Waals surface area contributed by atoms with Crippen LogP contribution in [0.4, 0.5) is 11.6 Å². The van der Waals surface area contributed by atoms with Crippen LogP contribution < -0.4 is 4.90 Å². The van der Waals surface area contributed by atoms with E-state index >= 15 is 0 Å². The highest BCUT2D eigenvalue weighted by molar-refractivity contribution is 9.10. The van der Waals surface area contributed by atoms with Crippen LogP contribution in [0.3, 0.4) is 0 Å². The van der Waals surface area contributed by atoms with E-state index in [1.165, 1.54) is 0 Å². The minimum Gasteiger partial charge on any atom is -0.381 e. The van der Waals surface area contributed by atoms with Gasteiger partial charge in [-0.3, -0.25) is 0 Å². The van der Waals surface area contributed by atoms with Crippen LogP contribution in [0.15, 0.2) is 15.8 Å². The van der Waals surface area contributed by atoms with E-state index in [-0.39, 0.29) is 0 Å². The number of rotatable bonds is 1. The van der Waals surface area contributed by atoms with Crippen molar-refractivity contribution < 1.29 is 4.74 Å². The van der Waals surface area contributed by atoms with Crippen molar-refractivity contribution >= 4 is 33.8 Å². The van der Waals surface area contributed by atoms with E-state index in [0.717, 1.165) is 43.0 Å². The lowest BCUT2D eigenvalue weighted by Gasteiger charge is -2.35. The summed E-state index contributed by atoms with van der Waals surface area (Å²) >= 11 is 3.37. The van der Waals surface area contributed by atoms with Crippen LogP contribution in [0.2, 0.25) is 0 Å². The summed E-state index contributed by atoms with van der Waals surface area (Å²) in [6.07, 6.45) is 5.67. The van der Waals surface area contributed by atoms with Gasteiger partial charge in [-0.25, -0.2) is 15.0 Å². The summed E-state index contributed by atoms with van der Waals surface area (Å²) in [5.41, 5.74) is 0. The lowest BCUT2D eigenvalue weighted by molar-refractivity contribution is 0.0849. The lowest BCUT2D eigenvalue weighted by atomic mass is 10.1. The molecule has 0 unspecified atom stereocenters. The van der Waals surface area contributed by atoms with Crippen LogP contribution in [0.5, 0.6) is 0 Å². The predicted molar refractivity (Wildman–Crippen MR) is 69.1 cm³/mol. The van der Waals surface area contributed by atoms with E-state index in [4.69, 9.17) is 4.74 Å². The monoisotopic (exact) mass is 296 g/mol. The Hall–Kier alpha value is -1.01. The zero-order valence-corrected chi connectivity index (χ0v) is 10.9. The Labute approximate surface area is 108 Å². The number of halogens is 1. The van der Waals surface area contributed by atoms with Crippen molar-refractivity contribution in [2.45, 2.75) is 18.9 Å². The molecule has 5 nitrogen and oxygen atoms in total. The lowest BCUT2D eigenvalue weighted by Crippen LogP contribution is -2.42. The minimum absolute atomic E-state index is 0.484. The zero-order chi connectivity index (χ0) is 11.7. The molecule has 2 aliphatic rings. The number of fused-ring (bicyclic) bond motifs is 1. The van der Waals surface area contributed by atoms with Crippen LogP contribution in [-0.2, 0) is 4.74 Å². The Balaban J connectivity index is 1.92. The third-order valence-electron chi connectivity index (χ3n) is 3.10. The van der Waals surface area contributed by atoms with Crippen molar-refractivity contribution in [3.05, 3.63) is 10.8 Å². The highest BCUT2D eigenvalue weighted by Gasteiger charge is 2.26. The van der Waals surface area contributed by atoms with E-state index in [0.29, 0.717) is 11.9 Å². The summed E-state index contributed by atoms with van der Waals surface area (Å²) < 4.78 is 6.15. The van der Waals surface area contributed by atoms with E-state index < -0.39 is 0 Å². The van der Waals surface area contributed by atoms with Crippen LogP contribution in [0.1, 0.15) is 12.8 Å². The molecule has 17 heavy (non-hydrogen) atoms. The van der Waals surface area contributed by atoms with Gasteiger partial charge in [-0.1, -0.05) is 0 Å². The van der Waals surface area contributed by atoms with Crippen molar-refractivity contribution in [2.75, 3.05) is 24.7 Å². The topological polar surface area (TPSA) is 50.6 Å². The molecule has 1 aromatic heterocycles. The van der Waals surface area contributed by atoms with Crippen LogP contribution in [-0.4, -0.2) is 42.0 Å². The molecular formula is C11H13BrN4O. The van der Waals surface area contributed by atoms with Gasteiger partial charge in [-0.2, -0.15) is 0 Å². The van der Waals surface area contributed by atoms with Crippen molar-refractivity contribution in [2.24, 2.45) is 4.99 Å². The van der Waals surface area contributed by atoms with Gasteiger partial charge in [-0.15, -0.1) is 0 Å². The van der Waals surface area contributed by atoms with E-state index in [1.54, 1.807) is 6.20 Å². The summed E-state index contributed by atoms with van der Waals surface area (Å²) in [7, 11) is 0. The number of hydrogen-bond acceptors (Lipinski definition) is 5. The molecule has 0 bridgehead atoms. The number of aromatic nitrogens is 2. The molecule has 0 saturated carbocycles. The van der Waals surface area contributed by atoms with Gasteiger partial charge in [0.2, 0.25) is 0 Å². The molecule has 0 radical (unpaired) electrons. The maximum atomic E-state index is 5.40. The summed E-state index contributed by atoms with van der Waals surface area (Å²) in [5, 5.41) is 0. The highest BCUT2D eigenvalue weighted by Crippen LogP contribution is 2.31. The van der Waals surface area contributed by atoms with E-state index in [9.17, 15) is 0 Å². The van der Waals surface area contributed by atoms with Crippen molar-refractivity contribution in [1.82, 2.24) is 9.97 Å². The van der Waals surface area contributed by atoms with Crippen LogP contribution in [0, 0.1) is 0 Å². The SMILES string of the molecule is Brc1cnc2c(n1)N(C1CCOCC1)CC=N2. The molecule has 2 aliphatic heterocycles. The molecule has 0 aromatic carbocycles. The smallest absolute Gasteiger partial charge is 0.195 e. The average Bonchev–Trinajstić information content (AvgIpc) is 2.39. The molecule has 3 heterocycles. The van der Waals surface area contributed by atoms with E-state index in [1.807, 2.05) is 6.21 Å². The van der Waals surface area contributed by atoms with Gasteiger partial charge in [0.05, 0.1) is 12.7 Å². The first kappa shape index (κ1) is 11.1. The molecule has 1 saturated heterocycles. The third-order valence-corrected chi connectivity index (χ3v) is 3.48. The Morgan fingerprint density at radius 2 is 2.18 bits per heavy atom. The number of anilines is 1. The normalized spacial score (nSPS) is 20.4. The van der Waals surface area contributed by atoms with Gasteiger partial charge in [0.15, 0.2) is 11.6 Å². The third kappa shape index (κ3) is 2.19. The second-order valence-corrected chi connectivity index (χ2v) is 4.96. The molecule has 90 valence electrons. The summed E-state index contributed by atoms with van der Waals surface area (Å²) in [6.45, 7) is 2.47. The summed E-state index contributed by atoms with van der Waals surface area (Å²) in [5.74, 6) is 1.60. The fraction of sp³-hybridized carbons (Fsp3) is 0.545. The largest absolute Gasteiger partial charge is 0.381 e. The number of hydrogen-bond donors (Lipinski definition) is 0. The number of nitrogens with zero attached hydrogens (tertiary/aromatic N) is 4. The van der Waals surface area contributed by atoms with Crippen LogP contribution >= 0.6 is 15.9 Å². The Kier molecular flexibility index (Phi) is 3.07. The fourth-order valence-corrected chi connectivity index (χ4v) is 2.53. The van der Waals surface area contributed by atoms with Crippen molar-refractivity contribution in [3.63, 3.8) is 0 Å². The number of ether oxygens (including phenoxy) is 1. The molecule has 1 aromatic rings. The van der Waals surface area contributed by atoms with Crippen molar-refractivity contribution in [1.29, 1.82) is 0 Å². The van der Waals surface area contributed by atoms with Crippen molar-refractivity contribution in [3.8, 4) is 0 Å². The molecule has 3 rings (SSSR count). The fourth-order valence-electron chi connectivity index (χ4n) is 2.26. The number of aliphatic imine (C=N–C) groups is 1. The van der Waals surface area contributed by atoms with E-state index in [2.05, 4.69) is 35.8 Å². The predicted octanol–water partition coefficient (Wildman–Crippen LogP) is 1.94. The maximum Gasteiger partial charge on any atom is 0.195 e. The van der Waals surface area contributed by atoms with Gasteiger partial charge in [0, 0.05) is 25.5 Å². The molecule has 0 amide bonds. The first-order valence-corrected chi connectivity index (χ1v) is 6.53. The molecular weight excluding hydrogens is 284 g/mol. The minimum atomic E-state index is 0.484. The second kappa shape index (κ2) is 4.70. The van der Waals surface area contributed by atoms with Gasteiger partial charge in [0.1, 0.15) is 4.60 Å². The maximum absolute atomic E-state index is 5.40. The zero-order valence-electron chi connectivity index (χ0n) is 9.34. The highest BCUT2D eigenvalue weighted by atomic mass is 79.9. The first-order chi connectivity index (χ1) is 8.34. The Morgan fingerprint density at radius 3 is 3.00 bits per heavy atom. The van der Waals surface area contributed by atoms with Gasteiger partial charge < -0.3 is 9.64 Å². The first-order valence-electron chi connectivity index (χ1n) is 5.74. The second-order valence-electron chi connectivity index (χ2n) is 4.15. The quantitative estimate of drug-likeness (QED) is 0.795.